The molecule has 0 bridgehead atoms. The molecule has 2 atom stereocenters. The summed E-state index contributed by atoms with van der Waals surface area (Å²) in [6.45, 7) is 3.21. The molecule has 0 saturated heterocycles. The molecule has 0 aliphatic rings. The Morgan fingerprint density at radius 2 is 2.06 bits per heavy atom. The van der Waals surface area contributed by atoms with E-state index in [4.69, 9.17) is 15.9 Å². The normalized spacial score (nSPS) is 16.2. The minimum Gasteiger partial charge on any atom is -0.508 e. The quantitative estimate of drug-likeness (QED) is 0.635. The van der Waals surface area contributed by atoms with E-state index in [-0.39, 0.29) is 23.8 Å². The standard InChI is InChI=1S/C12H17NO4/c1-7(6-12(2,13)11(16)17)9-4-3-8(14)5-10(9)15/h3-5,7,14-15H,6,13H2,1-2H3,(H,16,17). The Morgan fingerprint density at radius 3 is 2.53 bits per heavy atom. The van der Waals surface area contributed by atoms with Crippen molar-refractivity contribution in [2.45, 2.75) is 31.7 Å². The lowest BCUT2D eigenvalue weighted by Gasteiger charge is -2.24. The van der Waals surface area contributed by atoms with Crippen molar-refractivity contribution in [3.8, 4) is 11.5 Å². The van der Waals surface area contributed by atoms with E-state index in [1.165, 1.54) is 19.1 Å². The second-order valence-corrected chi connectivity index (χ2v) is 4.57. The molecule has 0 radical (unpaired) electrons. The zero-order valence-electron chi connectivity index (χ0n) is 9.84. The van der Waals surface area contributed by atoms with Crippen molar-refractivity contribution in [2.24, 2.45) is 5.73 Å². The van der Waals surface area contributed by atoms with E-state index in [1.54, 1.807) is 13.0 Å². The van der Waals surface area contributed by atoms with Gasteiger partial charge < -0.3 is 21.1 Å². The molecule has 0 saturated carbocycles. The molecular formula is C12H17NO4. The number of carbonyl (C=O) groups is 1. The summed E-state index contributed by atoms with van der Waals surface area (Å²) < 4.78 is 0. The van der Waals surface area contributed by atoms with Crippen molar-refractivity contribution >= 4 is 5.97 Å². The molecule has 0 aliphatic carbocycles. The van der Waals surface area contributed by atoms with Crippen molar-refractivity contribution in [3.05, 3.63) is 23.8 Å². The minimum atomic E-state index is -1.34. The summed E-state index contributed by atoms with van der Waals surface area (Å²) in [5.41, 5.74) is 4.87. The van der Waals surface area contributed by atoms with Crippen LogP contribution in [-0.2, 0) is 4.79 Å². The number of benzene rings is 1. The highest BCUT2D eigenvalue weighted by Crippen LogP contribution is 2.33. The van der Waals surface area contributed by atoms with Gasteiger partial charge in [0.15, 0.2) is 0 Å². The van der Waals surface area contributed by atoms with Gasteiger partial charge in [0, 0.05) is 6.07 Å². The number of nitrogens with two attached hydrogens (primary N) is 1. The molecule has 0 heterocycles. The Morgan fingerprint density at radius 1 is 1.47 bits per heavy atom. The number of rotatable bonds is 4. The minimum absolute atomic E-state index is 0.0350. The van der Waals surface area contributed by atoms with Crippen molar-refractivity contribution in [2.75, 3.05) is 0 Å². The van der Waals surface area contributed by atoms with Gasteiger partial charge in [0.05, 0.1) is 0 Å². The number of carboxylic acid groups (broad SMARTS) is 1. The van der Waals surface area contributed by atoms with Gasteiger partial charge in [0.25, 0.3) is 0 Å². The lowest BCUT2D eigenvalue weighted by Crippen LogP contribution is -2.45. The molecule has 94 valence electrons. The van der Waals surface area contributed by atoms with Gasteiger partial charge in [-0.1, -0.05) is 13.0 Å². The predicted molar refractivity (Wildman–Crippen MR) is 63.0 cm³/mol. The Labute approximate surface area is 99.5 Å². The van der Waals surface area contributed by atoms with Crippen LogP contribution in [0.15, 0.2) is 18.2 Å². The van der Waals surface area contributed by atoms with Crippen molar-refractivity contribution in [3.63, 3.8) is 0 Å². The molecule has 1 rings (SSSR count). The number of hydrogen-bond donors (Lipinski definition) is 4. The first-order chi connectivity index (χ1) is 7.74. The Balaban J connectivity index is 2.90. The fourth-order valence-corrected chi connectivity index (χ4v) is 1.78. The molecule has 0 fully saturated rings. The maximum atomic E-state index is 10.9. The number of aliphatic carboxylic acids is 1. The summed E-state index contributed by atoms with van der Waals surface area (Å²) in [6, 6.07) is 4.23. The average Bonchev–Trinajstić information content (AvgIpc) is 2.15. The third kappa shape index (κ3) is 3.10. The molecule has 2 unspecified atom stereocenters. The second kappa shape index (κ2) is 4.63. The molecule has 5 nitrogen and oxygen atoms in total. The van der Waals surface area contributed by atoms with Gasteiger partial charge in [-0.05, 0) is 30.9 Å². The third-order valence-electron chi connectivity index (χ3n) is 2.76. The van der Waals surface area contributed by atoms with Gasteiger partial charge in [-0.25, -0.2) is 0 Å². The Kier molecular flexibility index (Phi) is 3.63. The van der Waals surface area contributed by atoms with E-state index in [9.17, 15) is 9.90 Å². The molecule has 0 amide bonds. The molecule has 1 aromatic rings. The average molecular weight is 239 g/mol. The maximum absolute atomic E-state index is 10.9. The van der Waals surface area contributed by atoms with Crippen LogP contribution in [0.5, 0.6) is 11.5 Å². The lowest BCUT2D eigenvalue weighted by molar-refractivity contribution is -0.143. The molecule has 0 aromatic heterocycles. The van der Waals surface area contributed by atoms with Crippen LogP contribution < -0.4 is 5.73 Å². The van der Waals surface area contributed by atoms with Crippen LogP contribution in [0.25, 0.3) is 0 Å². The van der Waals surface area contributed by atoms with Gasteiger partial charge >= 0.3 is 5.97 Å². The largest absolute Gasteiger partial charge is 0.508 e. The van der Waals surface area contributed by atoms with E-state index in [1.807, 2.05) is 0 Å². The SMILES string of the molecule is CC(CC(C)(N)C(=O)O)c1ccc(O)cc1O. The van der Waals surface area contributed by atoms with Crippen LogP contribution in [0.4, 0.5) is 0 Å². The maximum Gasteiger partial charge on any atom is 0.323 e. The first-order valence-corrected chi connectivity index (χ1v) is 5.28. The van der Waals surface area contributed by atoms with Crippen LogP contribution in [0.1, 0.15) is 31.7 Å². The van der Waals surface area contributed by atoms with Crippen molar-refractivity contribution < 1.29 is 20.1 Å². The Bertz CT molecular complexity index is 429. The highest BCUT2D eigenvalue weighted by atomic mass is 16.4. The zero-order chi connectivity index (χ0) is 13.2. The Hall–Kier alpha value is -1.75. The fourth-order valence-electron chi connectivity index (χ4n) is 1.78. The number of phenols is 2. The van der Waals surface area contributed by atoms with Gasteiger partial charge in [-0.2, -0.15) is 0 Å². The molecule has 17 heavy (non-hydrogen) atoms. The first-order valence-electron chi connectivity index (χ1n) is 5.28. The number of phenolic OH excluding ortho intramolecular Hbond substituents is 2. The van der Waals surface area contributed by atoms with Crippen LogP contribution >= 0.6 is 0 Å². The molecule has 0 spiro atoms. The van der Waals surface area contributed by atoms with Gasteiger partial charge in [0.1, 0.15) is 17.0 Å². The summed E-state index contributed by atoms with van der Waals surface area (Å²) in [5.74, 6) is -1.39. The van der Waals surface area contributed by atoms with Gasteiger partial charge in [-0.15, -0.1) is 0 Å². The van der Waals surface area contributed by atoms with E-state index < -0.39 is 11.5 Å². The monoisotopic (exact) mass is 239 g/mol. The number of aromatic hydroxyl groups is 2. The molecular weight excluding hydrogens is 222 g/mol. The summed E-state index contributed by atoms with van der Waals surface area (Å²) >= 11 is 0. The fraction of sp³-hybridized carbons (Fsp3) is 0.417. The van der Waals surface area contributed by atoms with Gasteiger partial charge in [0.2, 0.25) is 0 Å². The smallest absolute Gasteiger partial charge is 0.323 e. The molecule has 0 aliphatic heterocycles. The van der Waals surface area contributed by atoms with Crippen LogP contribution in [0.3, 0.4) is 0 Å². The predicted octanol–water partition coefficient (Wildman–Crippen LogP) is 1.39. The van der Waals surface area contributed by atoms with Crippen molar-refractivity contribution in [1.82, 2.24) is 0 Å². The second-order valence-electron chi connectivity index (χ2n) is 4.57. The third-order valence-corrected chi connectivity index (χ3v) is 2.76. The molecule has 5 N–H and O–H groups in total. The molecule has 5 heteroatoms. The van der Waals surface area contributed by atoms with Crippen LogP contribution in [0.2, 0.25) is 0 Å². The highest BCUT2D eigenvalue weighted by Gasteiger charge is 2.31. The lowest BCUT2D eigenvalue weighted by atomic mass is 9.86. The summed E-state index contributed by atoms with van der Waals surface area (Å²) in [5, 5.41) is 27.7. The summed E-state index contributed by atoms with van der Waals surface area (Å²) in [4.78, 5) is 10.9. The summed E-state index contributed by atoms with van der Waals surface area (Å²) in [6.07, 6.45) is 0.195. The van der Waals surface area contributed by atoms with E-state index in [0.29, 0.717) is 5.56 Å². The number of hydrogen-bond acceptors (Lipinski definition) is 4. The molecule has 1 aromatic carbocycles. The van der Waals surface area contributed by atoms with E-state index in [2.05, 4.69) is 0 Å². The van der Waals surface area contributed by atoms with Gasteiger partial charge in [-0.3, -0.25) is 4.79 Å². The first kappa shape index (κ1) is 13.3. The topological polar surface area (TPSA) is 104 Å². The number of carboxylic acids is 1. The zero-order valence-corrected chi connectivity index (χ0v) is 9.84. The summed E-state index contributed by atoms with van der Waals surface area (Å²) in [7, 11) is 0. The highest BCUT2D eigenvalue weighted by molar-refractivity contribution is 5.78. The van der Waals surface area contributed by atoms with Crippen LogP contribution in [-0.4, -0.2) is 26.8 Å². The van der Waals surface area contributed by atoms with E-state index in [0.717, 1.165) is 0 Å². The van der Waals surface area contributed by atoms with Crippen LogP contribution in [0, 0.1) is 0 Å². The van der Waals surface area contributed by atoms with Crippen molar-refractivity contribution in [1.29, 1.82) is 0 Å². The van der Waals surface area contributed by atoms with E-state index >= 15 is 0 Å².